The van der Waals surface area contributed by atoms with Gasteiger partial charge >= 0.3 is 6.61 Å². The Kier molecular flexibility index (Phi) is 8.16. The van der Waals surface area contributed by atoms with Gasteiger partial charge in [0.1, 0.15) is 5.75 Å². The van der Waals surface area contributed by atoms with Crippen LogP contribution in [0.4, 0.5) is 8.78 Å². The Morgan fingerprint density at radius 1 is 1.13 bits per heavy atom. The molecule has 0 unspecified atom stereocenters. The van der Waals surface area contributed by atoms with Crippen molar-refractivity contribution in [2.24, 2.45) is 5.73 Å². The number of carbonyl (C=O) groups is 2. The third-order valence-corrected chi connectivity index (χ3v) is 3.92. The topological polar surface area (TPSA) is 91.1 Å². The van der Waals surface area contributed by atoms with Crippen molar-refractivity contribution < 1.29 is 32.6 Å². The normalized spacial score (nSPS) is 10.8. The van der Waals surface area contributed by atoms with Crippen molar-refractivity contribution in [1.29, 1.82) is 0 Å². The van der Waals surface area contributed by atoms with Crippen LogP contribution in [-0.2, 0) is 16.1 Å². The molecule has 0 aromatic heterocycles. The van der Waals surface area contributed by atoms with Crippen molar-refractivity contribution in [1.82, 2.24) is 4.90 Å². The molecule has 0 aliphatic rings. The van der Waals surface area contributed by atoms with Gasteiger partial charge in [0.15, 0.2) is 18.1 Å². The summed E-state index contributed by atoms with van der Waals surface area (Å²) in [7, 11) is 3.08. The van der Waals surface area contributed by atoms with E-state index in [-0.39, 0.29) is 18.3 Å². The van der Waals surface area contributed by atoms with Gasteiger partial charge in [-0.05, 0) is 41.5 Å². The number of alkyl halides is 2. The number of nitrogens with two attached hydrogens (primary N) is 1. The lowest BCUT2D eigenvalue weighted by Gasteiger charge is -2.15. The second kappa shape index (κ2) is 10.8. The molecule has 0 spiro atoms. The van der Waals surface area contributed by atoms with E-state index in [1.54, 1.807) is 43.5 Å². The van der Waals surface area contributed by atoms with E-state index in [1.807, 2.05) is 0 Å². The van der Waals surface area contributed by atoms with Crippen molar-refractivity contribution in [3.05, 3.63) is 59.7 Å². The number of hydrogen-bond donors (Lipinski definition) is 1. The third-order valence-electron chi connectivity index (χ3n) is 3.92. The van der Waals surface area contributed by atoms with Crippen LogP contribution in [0, 0.1) is 0 Å². The second-order valence-corrected chi connectivity index (χ2v) is 6.22. The number of benzene rings is 2. The third kappa shape index (κ3) is 7.08. The lowest BCUT2D eigenvalue weighted by molar-refractivity contribution is -0.125. The quantitative estimate of drug-likeness (QED) is 0.597. The fourth-order valence-electron chi connectivity index (χ4n) is 2.48. The zero-order valence-electron chi connectivity index (χ0n) is 16.5. The van der Waals surface area contributed by atoms with Crippen LogP contribution in [0.2, 0.25) is 0 Å². The van der Waals surface area contributed by atoms with E-state index >= 15 is 0 Å². The Bertz CT molecular complexity index is 901. The van der Waals surface area contributed by atoms with E-state index in [4.69, 9.17) is 15.2 Å². The van der Waals surface area contributed by atoms with Gasteiger partial charge in [-0.1, -0.05) is 18.2 Å². The van der Waals surface area contributed by atoms with Crippen LogP contribution in [0.5, 0.6) is 17.2 Å². The fourth-order valence-corrected chi connectivity index (χ4v) is 2.48. The predicted molar refractivity (Wildman–Crippen MR) is 106 cm³/mol. The smallest absolute Gasteiger partial charge is 0.387 e. The van der Waals surface area contributed by atoms with Crippen molar-refractivity contribution in [2.45, 2.75) is 13.2 Å². The Labute approximate surface area is 172 Å². The van der Waals surface area contributed by atoms with Gasteiger partial charge in [-0.25, -0.2) is 0 Å². The molecule has 0 aliphatic heterocycles. The summed E-state index contributed by atoms with van der Waals surface area (Å²) in [5.41, 5.74) is 6.51. The number of likely N-dealkylation sites (N-methyl/N-ethyl adjacent to an activating group) is 1. The summed E-state index contributed by atoms with van der Waals surface area (Å²) >= 11 is 0. The fraction of sp³-hybridized carbons (Fsp3) is 0.238. The molecule has 0 bridgehead atoms. The van der Waals surface area contributed by atoms with E-state index < -0.39 is 12.5 Å². The van der Waals surface area contributed by atoms with Gasteiger partial charge in [0.05, 0.1) is 7.11 Å². The molecular weight excluding hydrogens is 398 g/mol. The molecule has 2 amide bonds. The highest BCUT2D eigenvalue weighted by Gasteiger charge is 2.09. The molecule has 0 fully saturated rings. The van der Waals surface area contributed by atoms with Crippen molar-refractivity contribution in [2.75, 3.05) is 20.8 Å². The number of primary amides is 1. The number of nitrogens with zero attached hydrogens (tertiary/aromatic N) is 1. The van der Waals surface area contributed by atoms with Crippen molar-refractivity contribution in [3.63, 3.8) is 0 Å². The molecule has 0 aliphatic carbocycles. The SMILES string of the molecule is COc1cc(/C=C/C(=O)N(C)Cc2ccc(OC(F)F)cc2)ccc1OCC(N)=O. The molecule has 0 atom stereocenters. The van der Waals surface area contributed by atoms with Crippen LogP contribution in [0.1, 0.15) is 11.1 Å². The van der Waals surface area contributed by atoms with Gasteiger partial charge in [0, 0.05) is 19.7 Å². The average molecular weight is 420 g/mol. The summed E-state index contributed by atoms with van der Waals surface area (Å²) in [6.07, 6.45) is 3.01. The summed E-state index contributed by atoms with van der Waals surface area (Å²) < 4.78 is 39.1. The minimum Gasteiger partial charge on any atom is -0.493 e. The highest BCUT2D eigenvalue weighted by Crippen LogP contribution is 2.28. The molecule has 0 saturated heterocycles. The van der Waals surface area contributed by atoms with Crippen molar-refractivity contribution >= 4 is 17.9 Å². The van der Waals surface area contributed by atoms with E-state index in [1.165, 1.54) is 30.2 Å². The maximum absolute atomic E-state index is 12.3. The predicted octanol–water partition coefficient (Wildman–Crippen LogP) is 2.83. The number of rotatable bonds is 10. The summed E-state index contributed by atoms with van der Waals surface area (Å²) in [5, 5.41) is 0. The zero-order chi connectivity index (χ0) is 22.1. The van der Waals surface area contributed by atoms with Gasteiger partial charge in [0.25, 0.3) is 5.91 Å². The molecule has 2 aromatic rings. The number of carbonyl (C=O) groups excluding carboxylic acids is 2. The summed E-state index contributed by atoms with van der Waals surface area (Å²) in [5.74, 6) is -0.0527. The van der Waals surface area contributed by atoms with E-state index in [0.717, 1.165) is 5.56 Å². The van der Waals surface area contributed by atoms with Gasteiger partial charge in [0.2, 0.25) is 5.91 Å². The summed E-state index contributed by atoms with van der Waals surface area (Å²) in [6, 6.07) is 11.0. The van der Waals surface area contributed by atoms with E-state index in [9.17, 15) is 18.4 Å². The molecule has 30 heavy (non-hydrogen) atoms. The molecule has 160 valence electrons. The second-order valence-electron chi connectivity index (χ2n) is 6.22. The maximum Gasteiger partial charge on any atom is 0.387 e. The van der Waals surface area contributed by atoms with Crippen LogP contribution in [-0.4, -0.2) is 44.1 Å². The first kappa shape index (κ1) is 22.7. The van der Waals surface area contributed by atoms with Crippen LogP contribution < -0.4 is 19.9 Å². The Hall–Kier alpha value is -3.62. The monoisotopic (exact) mass is 420 g/mol. The van der Waals surface area contributed by atoms with E-state index in [0.29, 0.717) is 23.6 Å². The van der Waals surface area contributed by atoms with Gasteiger partial charge in [-0.15, -0.1) is 0 Å². The van der Waals surface area contributed by atoms with Crippen LogP contribution in [0.3, 0.4) is 0 Å². The van der Waals surface area contributed by atoms with Crippen molar-refractivity contribution in [3.8, 4) is 17.2 Å². The summed E-state index contributed by atoms with van der Waals surface area (Å²) in [6.45, 7) is -2.86. The Morgan fingerprint density at radius 2 is 1.83 bits per heavy atom. The standard InChI is InChI=1S/C21H22F2N2O5/c1-25(12-15-3-7-16(8-4-15)30-21(22)23)20(27)10-6-14-5-9-17(18(11-14)28-2)29-13-19(24)26/h3-11,21H,12-13H2,1-2H3,(H2,24,26)/b10-6+. The minimum atomic E-state index is -2.88. The van der Waals surface area contributed by atoms with Crippen LogP contribution in [0.25, 0.3) is 6.08 Å². The van der Waals surface area contributed by atoms with Gasteiger partial charge < -0.3 is 24.8 Å². The first-order chi connectivity index (χ1) is 14.3. The molecular formula is C21H22F2N2O5. The van der Waals surface area contributed by atoms with Crippen LogP contribution in [0.15, 0.2) is 48.5 Å². The van der Waals surface area contributed by atoms with Crippen LogP contribution >= 0.6 is 0 Å². The molecule has 7 nitrogen and oxygen atoms in total. The average Bonchev–Trinajstić information content (AvgIpc) is 2.71. The number of ether oxygens (including phenoxy) is 3. The lowest BCUT2D eigenvalue weighted by atomic mass is 10.1. The number of hydrogen-bond acceptors (Lipinski definition) is 5. The first-order valence-corrected chi connectivity index (χ1v) is 8.84. The highest BCUT2D eigenvalue weighted by molar-refractivity contribution is 5.91. The minimum absolute atomic E-state index is 0.0554. The number of halogens is 2. The molecule has 0 saturated carbocycles. The maximum atomic E-state index is 12.3. The first-order valence-electron chi connectivity index (χ1n) is 8.84. The largest absolute Gasteiger partial charge is 0.493 e. The number of methoxy groups -OCH3 is 1. The van der Waals surface area contributed by atoms with E-state index in [2.05, 4.69) is 4.74 Å². The molecule has 9 heteroatoms. The zero-order valence-corrected chi connectivity index (χ0v) is 16.5. The number of amides is 2. The van der Waals surface area contributed by atoms with Gasteiger partial charge in [-0.3, -0.25) is 9.59 Å². The summed E-state index contributed by atoms with van der Waals surface area (Å²) in [4.78, 5) is 24.7. The highest BCUT2D eigenvalue weighted by atomic mass is 19.3. The lowest BCUT2D eigenvalue weighted by Crippen LogP contribution is -2.24. The molecule has 2 aromatic carbocycles. The van der Waals surface area contributed by atoms with Gasteiger partial charge in [-0.2, -0.15) is 8.78 Å². The molecule has 0 radical (unpaired) electrons. The Balaban J connectivity index is 1.98. The molecule has 0 heterocycles. The molecule has 2 N–H and O–H groups in total. The molecule has 2 rings (SSSR count). The Morgan fingerprint density at radius 3 is 2.43 bits per heavy atom.